The Labute approximate surface area is 140 Å². The molecule has 2 rings (SSSR count). The first kappa shape index (κ1) is 19.0. The molecule has 0 saturated heterocycles. The van der Waals surface area contributed by atoms with Crippen molar-refractivity contribution >= 4 is 29.9 Å². The standard InChI is InChI=1S/C15H20ClFN2O2.ClH/c1-10(21-13-5-4-11(17)8-12(13)16)14(20)19-15(9-18)6-2-3-7-15;/h4-5,8,10H,2-3,6-7,9,18H2,1H3,(H,19,20);1H. The molecule has 0 spiro atoms. The third-order valence-electron chi connectivity index (χ3n) is 3.91. The molecular weight excluding hydrogens is 330 g/mol. The highest BCUT2D eigenvalue weighted by atomic mass is 35.5. The number of hydrogen-bond acceptors (Lipinski definition) is 3. The minimum absolute atomic E-state index is 0. The zero-order valence-corrected chi connectivity index (χ0v) is 14.0. The van der Waals surface area contributed by atoms with E-state index in [4.69, 9.17) is 22.1 Å². The van der Waals surface area contributed by atoms with Crippen LogP contribution in [0, 0.1) is 5.82 Å². The van der Waals surface area contributed by atoms with Gasteiger partial charge in [-0.05, 0) is 38.0 Å². The highest BCUT2D eigenvalue weighted by molar-refractivity contribution is 6.32. The Morgan fingerprint density at radius 1 is 1.50 bits per heavy atom. The number of amides is 1. The minimum atomic E-state index is -0.725. The molecule has 1 saturated carbocycles. The molecule has 124 valence electrons. The summed E-state index contributed by atoms with van der Waals surface area (Å²) in [5.41, 5.74) is 5.47. The van der Waals surface area contributed by atoms with Gasteiger partial charge in [0, 0.05) is 6.54 Å². The van der Waals surface area contributed by atoms with Crippen LogP contribution >= 0.6 is 24.0 Å². The van der Waals surface area contributed by atoms with E-state index in [0.29, 0.717) is 6.54 Å². The molecule has 0 radical (unpaired) electrons. The molecule has 1 aromatic carbocycles. The van der Waals surface area contributed by atoms with Gasteiger partial charge in [0.25, 0.3) is 5.91 Å². The summed E-state index contributed by atoms with van der Waals surface area (Å²) in [5.74, 6) is -0.394. The SMILES string of the molecule is CC(Oc1ccc(F)cc1Cl)C(=O)NC1(CN)CCCC1.Cl. The van der Waals surface area contributed by atoms with Crippen molar-refractivity contribution in [2.24, 2.45) is 5.73 Å². The highest BCUT2D eigenvalue weighted by Gasteiger charge is 2.35. The number of nitrogens with one attached hydrogen (secondary N) is 1. The second kappa shape index (κ2) is 7.99. The molecule has 1 unspecified atom stereocenters. The molecular formula is C15H21Cl2FN2O2. The molecule has 0 aliphatic heterocycles. The van der Waals surface area contributed by atoms with Crippen molar-refractivity contribution < 1.29 is 13.9 Å². The Morgan fingerprint density at radius 2 is 2.14 bits per heavy atom. The van der Waals surface area contributed by atoms with Crippen molar-refractivity contribution in [3.8, 4) is 5.75 Å². The lowest BCUT2D eigenvalue weighted by Crippen LogP contribution is -2.54. The van der Waals surface area contributed by atoms with E-state index in [1.54, 1.807) is 6.92 Å². The second-order valence-electron chi connectivity index (χ2n) is 5.52. The van der Waals surface area contributed by atoms with Gasteiger partial charge >= 0.3 is 0 Å². The van der Waals surface area contributed by atoms with E-state index in [1.807, 2.05) is 0 Å². The van der Waals surface area contributed by atoms with Crippen molar-refractivity contribution in [2.45, 2.75) is 44.2 Å². The lowest BCUT2D eigenvalue weighted by Gasteiger charge is -2.30. The van der Waals surface area contributed by atoms with Gasteiger partial charge in [0.1, 0.15) is 11.6 Å². The van der Waals surface area contributed by atoms with E-state index in [1.165, 1.54) is 12.1 Å². The maximum Gasteiger partial charge on any atom is 0.261 e. The smallest absolute Gasteiger partial charge is 0.261 e. The Morgan fingerprint density at radius 3 is 2.68 bits per heavy atom. The molecule has 0 heterocycles. The Balaban J connectivity index is 0.00000242. The van der Waals surface area contributed by atoms with Crippen molar-refractivity contribution in [1.29, 1.82) is 0 Å². The first-order valence-corrected chi connectivity index (χ1v) is 7.47. The Hall–Kier alpha value is -1.04. The summed E-state index contributed by atoms with van der Waals surface area (Å²) in [5, 5.41) is 3.13. The van der Waals surface area contributed by atoms with Gasteiger partial charge in [0.2, 0.25) is 0 Å². The van der Waals surface area contributed by atoms with Crippen LogP contribution in [0.15, 0.2) is 18.2 Å². The zero-order valence-electron chi connectivity index (χ0n) is 12.4. The molecule has 22 heavy (non-hydrogen) atoms. The van der Waals surface area contributed by atoms with E-state index in [-0.39, 0.29) is 34.6 Å². The van der Waals surface area contributed by atoms with Crippen LogP contribution in [0.4, 0.5) is 4.39 Å². The third kappa shape index (κ3) is 4.48. The Kier molecular flexibility index (Phi) is 6.91. The van der Waals surface area contributed by atoms with Crippen LogP contribution in [0.1, 0.15) is 32.6 Å². The quantitative estimate of drug-likeness (QED) is 0.857. The van der Waals surface area contributed by atoms with E-state index in [0.717, 1.165) is 31.7 Å². The molecule has 1 aliphatic rings. The fourth-order valence-corrected chi connectivity index (χ4v) is 2.82. The summed E-state index contributed by atoms with van der Waals surface area (Å²) >= 11 is 5.89. The van der Waals surface area contributed by atoms with Crippen LogP contribution in [0.3, 0.4) is 0 Å². The summed E-state index contributed by atoms with van der Waals surface area (Å²) in [6.07, 6.45) is 3.18. The number of rotatable bonds is 5. The normalized spacial score (nSPS) is 17.5. The minimum Gasteiger partial charge on any atom is -0.479 e. The second-order valence-corrected chi connectivity index (χ2v) is 5.92. The van der Waals surface area contributed by atoms with Crippen LogP contribution in [-0.4, -0.2) is 24.1 Å². The molecule has 4 nitrogen and oxygen atoms in total. The molecule has 1 atom stereocenters. The van der Waals surface area contributed by atoms with Gasteiger partial charge < -0.3 is 15.8 Å². The number of hydrogen-bond donors (Lipinski definition) is 2. The van der Waals surface area contributed by atoms with Crippen LogP contribution in [0.25, 0.3) is 0 Å². The zero-order chi connectivity index (χ0) is 15.5. The lowest BCUT2D eigenvalue weighted by atomic mass is 9.97. The van der Waals surface area contributed by atoms with E-state index in [9.17, 15) is 9.18 Å². The van der Waals surface area contributed by atoms with Crippen LogP contribution in [0.2, 0.25) is 5.02 Å². The number of nitrogens with two attached hydrogens (primary N) is 1. The number of carbonyl (C=O) groups excluding carboxylic acids is 1. The third-order valence-corrected chi connectivity index (χ3v) is 4.20. The monoisotopic (exact) mass is 350 g/mol. The molecule has 3 N–H and O–H groups in total. The molecule has 1 amide bonds. The molecule has 1 fully saturated rings. The first-order valence-electron chi connectivity index (χ1n) is 7.09. The fraction of sp³-hybridized carbons (Fsp3) is 0.533. The maximum atomic E-state index is 13.0. The molecule has 1 aromatic rings. The summed E-state index contributed by atoms with van der Waals surface area (Å²) in [7, 11) is 0. The van der Waals surface area contributed by atoms with E-state index in [2.05, 4.69) is 5.32 Å². The van der Waals surface area contributed by atoms with Gasteiger partial charge in [-0.25, -0.2) is 4.39 Å². The number of ether oxygens (including phenoxy) is 1. The van der Waals surface area contributed by atoms with E-state index >= 15 is 0 Å². The summed E-state index contributed by atoms with van der Waals surface area (Å²) in [6, 6.07) is 3.81. The highest BCUT2D eigenvalue weighted by Crippen LogP contribution is 2.29. The Bertz CT molecular complexity index is 522. The van der Waals surface area contributed by atoms with Crippen molar-refractivity contribution in [2.75, 3.05) is 6.54 Å². The van der Waals surface area contributed by atoms with Crippen LogP contribution in [0.5, 0.6) is 5.75 Å². The average Bonchev–Trinajstić information content (AvgIpc) is 2.91. The van der Waals surface area contributed by atoms with Crippen molar-refractivity contribution in [3.63, 3.8) is 0 Å². The van der Waals surface area contributed by atoms with Gasteiger partial charge in [0.15, 0.2) is 6.10 Å². The molecule has 0 aromatic heterocycles. The summed E-state index contributed by atoms with van der Waals surface area (Å²) in [4.78, 5) is 12.2. The fourth-order valence-electron chi connectivity index (χ4n) is 2.61. The number of carbonyl (C=O) groups is 1. The maximum absolute atomic E-state index is 13.0. The van der Waals surface area contributed by atoms with Gasteiger partial charge in [-0.15, -0.1) is 12.4 Å². The van der Waals surface area contributed by atoms with Gasteiger partial charge in [-0.2, -0.15) is 0 Å². The van der Waals surface area contributed by atoms with E-state index < -0.39 is 11.9 Å². The average molecular weight is 351 g/mol. The first-order chi connectivity index (χ1) is 9.96. The largest absolute Gasteiger partial charge is 0.479 e. The predicted molar refractivity (Wildman–Crippen MR) is 87.1 cm³/mol. The number of benzene rings is 1. The molecule has 0 bridgehead atoms. The van der Waals surface area contributed by atoms with Gasteiger partial charge in [0.05, 0.1) is 10.6 Å². The molecule has 1 aliphatic carbocycles. The van der Waals surface area contributed by atoms with Gasteiger partial charge in [-0.1, -0.05) is 24.4 Å². The summed E-state index contributed by atoms with van der Waals surface area (Å²) in [6.45, 7) is 2.05. The van der Waals surface area contributed by atoms with Crippen molar-refractivity contribution in [1.82, 2.24) is 5.32 Å². The van der Waals surface area contributed by atoms with Crippen LogP contribution in [-0.2, 0) is 4.79 Å². The predicted octanol–water partition coefficient (Wildman–Crippen LogP) is 3.06. The number of halogens is 3. The van der Waals surface area contributed by atoms with Gasteiger partial charge in [-0.3, -0.25) is 4.79 Å². The van der Waals surface area contributed by atoms with Crippen molar-refractivity contribution in [3.05, 3.63) is 29.0 Å². The molecule has 7 heteroatoms. The topological polar surface area (TPSA) is 64.3 Å². The van der Waals surface area contributed by atoms with Crippen LogP contribution < -0.4 is 15.8 Å². The summed E-state index contributed by atoms with van der Waals surface area (Å²) < 4.78 is 18.5. The lowest BCUT2D eigenvalue weighted by molar-refractivity contribution is -0.129.